The third-order valence-corrected chi connectivity index (χ3v) is 5.87. The van der Waals surface area contributed by atoms with Crippen LogP contribution in [0.5, 0.6) is 0 Å². The maximum absolute atomic E-state index is 12.7. The summed E-state index contributed by atoms with van der Waals surface area (Å²) in [4.78, 5) is 39.8. The van der Waals surface area contributed by atoms with Crippen LogP contribution in [0.25, 0.3) is 16.6 Å². The first-order valence-corrected chi connectivity index (χ1v) is 10.1. The van der Waals surface area contributed by atoms with Gasteiger partial charge in [-0.2, -0.15) is 0 Å². The van der Waals surface area contributed by atoms with Crippen molar-refractivity contribution in [1.82, 2.24) is 14.3 Å². The van der Waals surface area contributed by atoms with Gasteiger partial charge in [0.1, 0.15) is 0 Å². The number of nitrogens with two attached hydrogens (primary N) is 1. The van der Waals surface area contributed by atoms with Crippen LogP contribution in [0.2, 0.25) is 0 Å². The van der Waals surface area contributed by atoms with Gasteiger partial charge in [-0.3, -0.25) is 9.52 Å². The summed E-state index contributed by atoms with van der Waals surface area (Å²) in [5, 5.41) is 3.77. The van der Waals surface area contributed by atoms with Crippen molar-refractivity contribution in [2.24, 2.45) is 0 Å². The molecule has 2 aromatic carbocycles. The summed E-state index contributed by atoms with van der Waals surface area (Å²) in [6, 6.07) is 16.4. The number of fused-ring (bicyclic) bond motifs is 1. The number of nitrogens with zero attached hydrogens (tertiary/aromatic N) is 1. The van der Waals surface area contributed by atoms with E-state index in [1.807, 2.05) is 6.07 Å². The van der Waals surface area contributed by atoms with Crippen molar-refractivity contribution < 1.29 is 4.79 Å². The molecule has 0 aliphatic heterocycles. The maximum Gasteiger partial charge on any atom is 0.333 e. The van der Waals surface area contributed by atoms with Gasteiger partial charge < -0.3 is 16.0 Å². The predicted octanol–water partition coefficient (Wildman–Crippen LogP) is 3.15. The van der Waals surface area contributed by atoms with Gasteiger partial charge in [0.15, 0.2) is 0 Å². The molecule has 5 N–H and O–H groups in total. The molecule has 0 unspecified atom stereocenters. The van der Waals surface area contributed by atoms with Crippen molar-refractivity contribution in [1.29, 1.82) is 0 Å². The van der Waals surface area contributed by atoms with Gasteiger partial charge in [0.25, 0.3) is 5.56 Å². The molecule has 0 bridgehead atoms. The Bertz CT molecular complexity index is 1310. The fraction of sp³-hybridized carbons (Fsp3) is 0. The number of aromatic amines is 1. The molecule has 10 heteroatoms. The number of urea groups is 1. The lowest BCUT2D eigenvalue weighted by atomic mass is 10.2. The van der Waals surface area contributed by atoms with Gasteiger partial charge in [-0.05, 0) is 60.5 Å². The first-order valence-electron chi connectivity index (χ1n) is 8.45. The van der Waals surface area contributed by atoms with E-state index < -0.39 is 17.3 Å². The minimum Gasteiger partial charge on any atom is -0.391 e. The summed E-state index contributed by atoms with van der Waals surface area (Å²) in [6.07, 6.45) is 0. The van der Waals surface area contributed by atoms with Crippen LogP contribution in [-0.4, -0.2) is 15.6 Å². The van der Waals surface area contributed by atoms with Crippen molar-refractivity contribution in [2.45, 2.75) is 4.21 Å². The zero-order valence-electron chi connectivity index (χ0n) is 14.8. The second-order valence-electron chi connectivity index (χ2n) is 5.98. The molecule has 146 valence electrons. The molecule has 2 heterocycles. The number of rotatable bonds is 4. The Morgan fingerprint density at radius 2 is 1.79 bits per heavy atom. The molecule has 8 nitrogen and oxygen atoms in total. The summed E-state index contributed by atoms with van der Waals surface area (Å²) < 4.78 is 4.58. The number of para-hydroxylation sites is 1. The number of carbonyl (C=O) groups is 1. The summed E-state index contributed by atoms with van der Waals surface area (Å²) in [6.45, 7) is 0. The van der Waals surface area contributed by atoms with Gasteiger partial charge in [0.05, 0.1) is 25.8 Å². The van der Waals surface area contributed by atoms with Gasteiger partial charge in [-0.25, -0.2) is 14.2 Å². The summed E-state index contributed by atoms with van der Waals surface area (Å²) in [5.74, 6) is 0. The van der Waals surface area contributed by atoms with Gasteiger partial charge in [0, 0.05) is 5.69 Å². The van der Waals surface area contributed by atoms with Crippen LogP contribution in [0.4, 0.5) is 15.5 Å². The number of H-pyrrole nitrogens is 1. The van der Waals surface area contributed by atoms with Crippen LogP contribution in [0.1, 0.15) is 0 Å². The lowest BCUT2D eigenvalue weighted by Gasteiger charge is -2.09. The first-order chi connectivity index (χ1) is 14.0. The molecule has 0 saturated heterocycles. The highest BCUT2D eigenvalue weighted by atomic mass is 32.2. The molecule has 0 aliphatic rings. The minimum atomic E-state index is -0.529. The highest BCUT2D eigenvalue weighted by molar-refractivity contribution is 7.99. The number of hydrogen-bond acceptors (Lipinski definition) is 6. The number of anilines is 2. The standard InChI is InChI=1S/C19H15N5O3S2/c20-15-9-10-16(28-15)29-23-18(26)21-11-5-7-12(8-6-11)24-17(25)13-3-1-2-4-14(13)22-19(24)27/h1-10H,20H2,(H,22,27)(H2,21,23,26). The van der Waals surface area contributed by atoms with Gasteiger partial charge in [0.2, 0.25) is 0 Å². The Hall–Kier alpha value is -3.50. The van der Waals surface area contributed by atoms with Crippen molar-refractivity contribution in [2.75, 3.05) is 11.1 Å². The summed E-state index contributed by atoms with van der Waals surface area (Å²) in [5.41, 5.74) is 6.11. The molecular weight excluding hydrogens is 410 g/mol. The van der Waals surface area contributed by atoms with Gasteiger partial charge in [-0.1, -0.05) is 12.1 Å². The average molecular weight is 425 g/mol. The van der Waals surface area contributed by atoms with Crippen molar-refractivity contribution in [3.05, 3.63) is 81.5 Å². The number of hydrogen-bond donors (Lipinski definition) is 4. The van der Waals surface area contributed by atoms with E-state index in [9.17, 15) is 14.4 Å². The monoisotopic (exact) mass is 425 g/mol. The number of aromatic nitrogens is 2. The maximum atomic E-state index is 12.7. The molecule has 0 atom stereocenters. The highest BCUT2D eigenvalue weighted by Gasteiger charge is 2.10. The normalized spacial score (nSPS) is 10.8. The molecule has 0 fully saturated rings. The Morgan fingerprint density at radius 1 is 1.03 bits per heavy atom. The molecule has 0 saturated carbocycles. The lowest BCUT2D eigenvalue weighted by molar-refractivity contribution is 0.257. The van der Waals surface area contributed by atoms with E-state index in [1.54, 1.807) is 54.6 Å². The average Bonchev–Trinajstić information content (AvgIpc) is 3.13. The smallest absolute Gasteiger partial charge is 0.333 e. The SMILES string of the molecule is Nc1ccc(SNC(=O)Nc2ccc(-n3c(=O)[nH]c4ccccc4c3=O)cc2)s1. The van der Waals surface area contributed by atoms with E-state index in [1.165, 1.54) is 11.3 Å². The summed E-state index contributed by atoms with van der Waals surface area (Å²) >= 11 is 2.53. The van der Waals surface area contributed by atoms with Crippen molar-refractivity contribution >= 4 is 50.9 Å². The summed E-state index contributed by atoms with van der Waals surface area (Å²) in [7, 11) is 0. The molecule has 4 rings (SSSR count). The molecule has 29 heavy (non-hydrogen) atoms. The quantitative estimate of drug-likeness (QED) is 0.374. The Morgan fingerprint density at radius 3 is 2.52 bits per heavy atom. The highest BCUT2D eigenvalue weighted by Crippen LogP contribution is 2.26. The van der Waals surface area contributed by atoms with Crippen molar-refractivity contribution in [3.63, 3.8) is 0 Å². The Balaban J connectivity index is 1.51. The predicted molar refractivity (Wildman–Crippen MR) is 117 cm³/mol. The van der Waals surface area contributed by atoms with Crippen LogP contribution >= 0.6 is 23.3 Å². The van der Waals surface area contributed by atoms with E-state index >= 15 is 0 Å². The number of nitrogens with one attached hydrogen (secondary N) is 3. The third-order valence-electron chi connectivity index (χ3n) is 4.04. The molecule has 0 radical (unpaired) electrons. The van der Waals surface area contributed by atoms with Gasteiger partial charge in [-0.15, -0.1) is 11.3 Å². The zero-order valence-corrected chi connectivity index (χ0v) is 16.5. The number of benzene rings is 2. The van der Waals surface area contributed by atoms with Crippen molar-refractivity contribution in [3.8, 4) is 5.69 Å². The first kappa shape index (κ1) is 18.8. The molecular formula is C19H15N5O3S2. The van der Waals surface area contributed by atoms with E-state index in [-0.39, 0.29) is 0 Å². The Labute approximate surface area is 172 Å². The van der Waals surface area contributed by atoms with Crippen LogP contribution < -0.4 is 27.0 Å². The number of carbonyl (C=O) groups excluding carboxylic acids is 1. The Kier molecular flexibility index (Phi) is 5.10. The second kappa shape index (κ2) is 7.86. The van der Waals surface area contributed by atoms with Crippen LogP contribution in [0.3, 0.4) is 0 Å². The fourth-order valence-electron chi connectivity index (χ4n) is 2.73. The molecule has 0 aliphatic carbocycles. The van der Waals surface area contributed by atoms with Crippen LogP contribution in [0, 0.1) is 0 Å². The van der Waals surface area contributed by atoms with E-state index in [2.05, 4.69) is 15.0 Å². The molecule has 0 spiro atoms. The molecule has 2 amide bonds. The van der Waals surface area contributed by atoms with Crippen LogP contribution in [-0.2, 0) is 0 Å². The van der Waals surface area contributed by atoms with E-state index in [0.29, 0.717) is 27.3 Å². The zero-order chi connectivity index (χ0) is 20.4. The topological polar surface area (TPSA) is 122 Å². The number of nitrogen functional groups attached to an aromatic ring is 1. The van der Waals surface area contributed by atoms with Gasteiger partial charge >= 0.3 is 11.7 Å². The molecule has 2 aromatic heterocycles. The second-order valence-corrected chi connectivity index (χ2v) is 8.20. The van der Waals surface area contributed by atoms with Crippen LogP contribution in [0.15, 0.2) is 74.5 Å². The van der Waals surface area contributed by atoms with E-state index in [4.69, 9.17) is 5.73 Å². The van der Waals surface area contributed by atoms with E-state index in [0.717, 1.165) is 20.7 Å². The number of amides is 2. The largest absolute Gasteiger partial charge is 0.391 e. The molecule has 4 aromatic rings. The minimum absolute atomic E-state index is 0.399. The third kappa shape index (κ3) is 4.03. The lowest BCUT2D eigenvalue weighted by Crippen LogP contribution is -2.33. The number of thiophene rings is 1. The fourth-order valence-corrected chi connectivity index (χ4v) is 4.20.